The number of amides is 1. The second-order valence-electron chi connectivity index (χ2n) is 3.06. The second kappa shape index (κ2) is 5.51. The van der Waals surface area contributed by atoms with Crippen LogP contribution in [0.15, 0.2) is 24.3 Å². The monoisotopic (exact) mass is 227 g/mol. The maximum absolute atomic E-state index is 13.2. The number of primary amides is 1. The molecule has 0 aromatic heterocycles. The first-order valence-electron chi connectivity index (χ1n) is 4.42. The van der Waals surface area contributed by atoms with E-state index in [2.05, 4.69) is 0 Å². The number of halogens is 2. The number of hydrogen-bond acceptors (Lipinski definition) is 1. The van der Waals surface area contributed by atoms with Crippen LogP contribution in [0, 0.1) is 5.82 Å². The minimum absolute atomic E-state index is 0.150. The number of carbonyl (C=O) groups is 1. The Morgan fingerprint density at radius 3 is 2.80 bits per heavy atom. The smallest absolute Gasteiger partial charge is 0.221 e. The summed E-state index contributed by atoms with van der Waals surface area (Å²) in [5.74, 6) is -0.604. The molecule has 0 aliphatic carbocycles. The number of rotatable bonds is 4. The lowest BCUT2D eigenvalue weighted by atomic mass is 10.1. The van der Waals surface area contributed by atoms with Crippen molar-refractivity contribution in [1.82, 2.24) is 0 Å². The maximum Gasteiger partial charge on any atom is 0.221 e. The van der Waals surface area contributed by atoms with Crippen LogP contribution in [0.5, 0.6) is 0 Å². The molecule has 80 valence electrons. The molecule has 2 N–H and O–H groups in total. The molecular formula is C11H11ClFNO. The Morgan fingerprint density at radius 2 is 2.27 bits per heavy atom. The first-order chi connectivity index (χ1) is 7.13. The van der Waals surface area contributed by atoms with Gasteiger partial charge in [0, 0.05) is 12.0 Å². The third-order valence-electron chi connectivity index (χ3n) is 1.85. The van der Waals surface area contributed by atoms with Gasteiger partial charge < -0.3 is 5.73 Å². The van der Waals surface area contributed by atoms with Gasteiger partial charge in [-0.15, -0.1) is 11.6 Å². The lowest BCUT2D eigenvalue weighted by Gasteiger charge is -1.99. The number of carbonyl (C=O) groups excluding carboxylic acids is 1. The van der Waals surface area contributed by atoms with E-state index < -0.39 is 5.91 Å². The number of alkyl halides is 1. The average molecular weight is 228 g/mol. The van der Waals surface area contributed by atoms with Crippen LogP contribution in [0.3, 0.4) is 0 Å². The van der Waals surface area contributed by atoms with E-state index in [1.165, 1.54) is 6.07 Å². The summed E-state index contributed by atoms with van der Waals surface area (Å²) in [4.78, 5) is 10.4. The highest BCUT2D eigenvalue weighted by molar-refractivity contribution is 6.17. The molecule has 0 saturated heterocycles. The third-order valence-corrected chi connectivity index (χ3v) is 2.14. The van der Waals surface area contributed by atoms with E-state index in [1.807, 2.05) is 0 Å². The van der Waals surface area contributed by atoms with Gasteiger partial charge >= 0.3 is 0 Å². The molecular weight excluding hydrogens is 217 g/mol. The first kappa shape index (κ1) is 11.7. The van der Waals surface area contributed by atoms with Crippen LogP contribution in [-0.2, 0) is 10.7 Å². The predicted octanol–water partition coefficient (Wildman–Crippen LogP) is 2.45. The lowest BCUT2D eigenvalue weighted by Crippen LogP contribution is -2.07. The summed E-state index contributed by atoms with van der Waals surface area (Å²) < 4.78 is 13.2. The molecule has 0 aliphatic heterocycles. The third kappa shape index (κ3) is 3.72. The van der Waals surface area contributed by atoms with Crippen molar-refractivity contribution in [2.24, 2.45) is 5.73 Å². The van der Waals surface area contributed by atoms with E-state index in [9.17, 15) is 9.18 Å². The molecule has 15 heavy (non-hydrogen) atoms. The standard InChI is InChI=1S/C11H11ClFNO/c12-7-9-5-4-8(6-10(9)13)2-1-3-11(14)15/h1-2,4-6H,3,7H2,(H2,14,15). The van der Waals surface area contributed by atoms with Crippen LogP contribution < -0.4 is 5.73 Å². The van der Waals surface area contributed by atoms with Crippen molar-refractivity contribution >= 4 is 23.6 Å². The van der Waals surface area contributed by atoms with Gasteiger partial charge in [-0.05, 0) is 11.6 Å². The van der Waals surface area contributed by atoms with Gasteiger partial charge in [0.05, 0.1) is 5.88 Å². The fourth-order valence-corrected chi connectivity index (χ4v) is 1.30. The Kier molecular flexibility index (Phi) is 4.31. The van der Waals surface area contributed by atoms with Crippen LogP contribution in [0.2, 0.25) is 0 Å². The molecule has 0 fully saturated rings. The highest BCUT2D eigenvalue weighted by atomic mass is 35.5. The quantitative estimate of drug-likeness (QED) is 0.789. The van der Waals surface area contributed by atoms with Gasteiger partial charge in [-0.3, -0.25) is 4.79 Å². The minimum Gasteiger partial charge on any atom is -0.369 e. The molecule has 0 bridgehead atoms. The molecule has 2 nitrogen and oxygen atoms in total. The zero-order chi connectivity index (χ0) is 11.3. The topological polar surface area (TPSA) is 43.1 Å². The molecule has 0 saturated carbocycles. The number of benzene rings is 1. The molecule has 0 radical (unpaired) electrons. The van der Waals surface area contributed by atoms with Crippen molar-refractivity contribution in [3.8, 4) is 0 Å². The highest BCUT2D eigenvalue weighted by Gasteiger charge is 2.00. The summed E-state index contributed by atoms with van der Waals surface area (Å²) in [5, 5.41) is 0. The van der Waals surface area contributed by atoms with Crippen LogP contribution >= 0.6 is 11.6 Å². The van der Waals surface area contributed by atoms with Gasteiger partial charge in [0.2, 0.25) is 5.91 Å². The van der Waals surface area contributed by atoms with Crippen molar-refractivity contribution in [2.75, 3.05) is 0 Å². The molecule has 1 amide bonds. The lowest BCUT2D eigenvalue weighted by molar-refractivity contribution is -0.117. The van der Waals surface area contributed by atoms with Gasteiger partial charge in [-0.2, -0.15) is 0 Å². The van der Waals surface area contributed by atoms with Crippen molar-refractivity contribution in [3.05, 3.63) is 41.2 Å². The molecule has 0 unspecified atom stereocenters. The molecule has 4 heteroatoms. The zero-order valence-corrected chi connectivity index (χ0v) is 8.80. The fraction of sp³-hybridized carbons (Fsp3) is 0.182. The summed E-state index contributed by atoms with van der Waals surface area (Å²) in [6.45, 7) is 0. The Morgan fingerprint density at radius 1 is 1.53 bits per heavy atom. The number of nitrogens with two attached hydrogens (primary N) is 1. The molecule has 1 rings (SSSR count). The number of hydrogen-bond donors (Lipinski definition) is 1. The van der Waals surface area contributed by atoms with E-state index in [0.717, 1.165) is 0 Å². The Bertz CT molecular complexity index is 390. The van der Waals surface area contributed by atoms with Crippen molar-refractivity contribution in [2.45, 2.75) is 12.3 Å². The van der Waals surface area contributed by atoms with Crippen LogP contribution in [0.1, 0.15) is 17.5 Å². The van der Waals surface area contributed by atoms with Gasteiger partial charge in [-0.25, -0.2) is 4.39 Å². The van der Waals surface area contributed by atoms with E-state index in [-0.39, 0.29) is 18.1 Å². The van der Waals surface area contributed by atoms with Crippen LogP contribution in [-0.4, -0.2) is 5.91 Å². The summed E-state index contributed by atoms with van der Waals surface area (Å²) in [6, 6.07) is 4.72. The summed E-state index contributed by atoms with van der Waals surface area (Å²) in [6.07, 6.45) is 3.39. The molecule has 1 aromatic carbocycles. The molecule has 0 heterocycles. The summed E-state index contributed by atoms with van der Waals surface area (Å²) in [7, 11) is 0. The summed E-state index contributed by atoms with van der Waals surface area (Å²) >= 11 is 5.51. The predicted molar refractivity (Wildman–Crippen MR) is 58.8 cm³/mol. The average Bonchev–Trinajstić information content (AvgIpc) is 2.17. The van der Waals surface area contributed by atoms with E-state index >= 15 is 0 Å². The normalized spacial score (nSPS) is 10.8. The Labute approximate surface area is 92.5 Å². The van der Waals surface area contributed by atoms with Crippen LogP contribution in [0.4, 0.5) is 4.39 Å². The first-order valence-corrected chi connectivity index (χ1v) is 4.96. The van der Waals surface area contributed by atoms with Gasteiger partial charge in [0.15, 0.2) is 0 Å². The van der Waals surface area contributed by atoms with Crippen molar-refractivity contribution in [1.29, 1.82) is 0 Å². The Hall–Kier alpha value is -1.35. The SMILES string of the molecule is NC(=O)CC=Cc1ccc(CCl)c(F)c1. The van der Waals surface area contributed by atoms with Gasteiger partial charge in [0.1, 0.15) is 5.82 Å². The van der Waals surface area contributed by atoms with Gasteiger partial charge in [-0.1, -0.05) is 24.3 Å². The highest BCUT2D eigenvalue weighted by Crippen LogP contribution is 2.13. The second-order valence-corrected chi connectivity index (χ2v) is 3.32. The van der Waals surface area contributed by atoms with E-state index in [0.29, 0.717) is 11.1 Å². The van der Waals surface area contributed by atoms with Crippen molar-refractivity contribution in [3.63, 3.8) is 0 Å². The van der Waals surface area contributed by atoms with E-state index in [1.54, 1.807) is 24.3 Å². The Balaban J connectivity index is 2.75. The minimum atomic E-state index is -0.413. The molecule has 0 spiro atoms. The molecule has 0 atom stereocenters. The molecule has 0 aliphatic rings. The molecule has 1 aromatic rings. The van der Waals surface area contributed by atoms with Gasteiger partial charge in [0.25, 0.3) is 0 Å². The maximum atomic E-state index is 13.2. The van der Waals surface area contributed by atoms with Crippen molar-refractivity contribution < 1.29 is 9.18 Å². The van der Waals surface area contributed by atoms with E-state index in [4.69, 9.17) is 17.3 Å². The van der Waals surface area contributed by atoms with Crippen LogP contribution in [0.25, 0.3) is 6.08 Å². The largest absolute Gasteiger partial charge is 0.369 e. The zero-order valence-electron chi connectivity index (χ0n) is 8.04. The fourth-order valence-electron chi connectivity index (χ4n) is 1.09. The summed E-state index contributed by atoms with van der Waals surface area (Å²) in [5.41, 5.74) is 6.10.